The fourth-order valence-electron chi connectivity index (χ4n) is 2.45. The number of benzene rings is 2. The molecular formula is C19H18Cl2N4. The van der Waals surface area contributed by atoms with E-state index in [0.717, 1.165) is 24.6 Å². The van der Waals surface area contributed by atoms with Crippen LogP contribution in [0.2, 0.25) is 10.0 Å². The predicted octanol–water partition coefficient (Wildman–Crippen LogP) is 5.55. The topological polar surface area (TPSA) is 41.1 Å². The second-order valence-corrected chi connectivity index (χ2v) is 6.31. The van der Waals surface area contributed by atoms with Crippen LogP contribution in [0, 0.1) is 0 Å². The third-order valence-corrected chi connectivity index (χ3v) is 4.48. The molecule has 0 spiro atoms. The van der Waals surface area contributed by atoms with Crippen molar-refractivity contribution in [2.75, 3.05) is 16.8 Å². The van der Waals surface area contributed by atoms with Gasteiger partial charge in [-0.15, -0.1) is 0 Å². The van der Waals surface area contributed by atoms with Crippen LogP contribution in [0.15, 0.2) is 60.8 Å². The highest BCUT2D eigenvalue weighted by molar-refractivity contribution is 6.42. The van der Waals surface area contributed by atoms with Crippen molar-refractivity contribution in [2.24, 2.45) is 0 Å². The van der Waals surface area contributed by atoms with E-state index in [1.807, 2.05) is 30.3 Å². The van der Waals surface area contributed by atoms with E-state index in [4.69, 9.17) is 23.2 Å². The van der Waals surface area contributed by atoms with Crippen molar-refractivity contribution in [3.8, 4) is 0 Å². The van der Waals surface area contributed by atoms with Crippen LogP contribution in [0.25, 0.3) is 0 Å². The molecule has 0 radical (unpaired) electrons. The highest BCUT2D eigenvalue weighted by Crippen LogP contribution is 2.26. The Morgan fingerprint density at radius 1 is 1.00 bits per heavy atom. The average molecular weight is 373 g/mol. The SMILES string of the molecule is CCN(Cc1ccccc1)c1ccnc(Nc2ccc(Cl)c(Cl)c2)n1. The van der Waals surface area contributed by atoms with Gasteiger partial charge in [-0.05, 0) is 36.8 Å². The van der Waals surface area contributed by atoms with Gasteiger partial charge in [0.1, 0.15) is 5.82 Å². The summed E-state index contributed by atoms with van der Waals surface area (Å²) in [5.74, 6) is 1.38. The van der Waals surface area contributed by atoms with Gasteiger partial charge in [0.05, 0.1) is 10.0 Å². The molecule has 0 aliphatic heterocycles. The Morgan fingerprint density at radius 2 is 1.80 bits per heavy atom. The zero-order chi connectivity index (χ0) is 17.6. The Kier molecular flexibility index (Phi) is 5.74. The number of anilines is 3. The fraction of sp³-hybridized carbons (Fsp3) is 0.158. The Morgan fingerprint density at radius 3 is 2.52 bits per heavy atom. The molecule has 1 N–H and O–H groups in total. The van der Waals surface area contributed by atoms with E-state index in [9.17, 15) is 0 Å². The van der Waals surface area contributed by atoms with Crippen LogP contribution in [0.3, 0.4) is 0 Å². The maximum atomic E-state index is 6.05. The predicted molar refractivity (Wildman–Crippen MR) is 105 cm³/mol. The second-order valence-electron chi connectivity index (χ2n) is 5.49. The lowest BCUT2D eigenvalue weighted by Gasteiger charge is -2.22. The maximum Gasteiger partial charge on any atom is 0.229 e. The number of aromatic nitrogens is 2. The number of hydrogen-bond acceptors (Lipinski definition) is 4. The first-order valence-electron chi connectivity index (χ1n) is 7.99. The van der Waals surface area contributed by atoms with Crippen LogP contribution >= 0.6 is 23.2 Å². The van der Waals surface area contributed by atoms with Crippen LogP contribution in [0.5, 0.6) is 0 Å². The molecule has 25 heavy (non-hydrogen) atoms. The maximum absolute atomic E-state index is 6.05. The molecule has 4 nitrogen and oxygen atoms in total. The monoisotopic (exact) mass is 372 g/mol. The standard InChI is InChI=1S/C19H18Cl2N4/c1-2-25(13-14-6-4-3-5-7-14)18-10-11-22-19(24-18)23-15-8-9-16(20)17(21)12-15/h3-12H,2,13H2,1H3,(H,22,23,24). The van der Waals surface area contributed by atoms with E-state index in [-0.39, 0.29) is 0 Å². The van der Waals surface area contributed by atoms with Gasteiger partial charge < -0.3 is 10.2 Å². The Balaban J connectivity index is 1.78. The summed E-state index contributed by atoms with van der Waals surface area (Å²) in [6.45, 7) is 3.75. The minimum absolute atomic E-state index is 0.488. The van der Waals surface area contributed by atoms with E-state index < -0.39 is 0 Å². The molecule has 0 saturated carbocycles. The van der Waals surface area contributed by atoms with Crippen molar-refractivity contribution in [1.29, 1.82) is 0 Å². The van der Waals surface area contributed by atoms with Crippen molar-refractivity contribution >= 4 is 40.7 Å². The molecule has 0 amide bonds. The third kappa shape index (κ3) is 4.62. The molecule has 1 aromatic heterocycles. The zero-order valence-electron chi connectivity index (χ0n) is 13.8. The van der Waals surface area contributed by atoms with E-state index in [2.05, 4.69) is 39.2 Å². The average Bonchev–Trinajstić information content (AvgIpc) is 2.64. The van der Waals surface area contributed by atoms with E-state index in [1.165, 1.54) is 5.56 Å². The summed E-state index contributed by atoms with van der Waals surface area (Å²) < 4.78 is 0. The normalized spacial score (nSPS) is 10.5. The van der Waals surface area contributed by atoms with E-state index >= 15 is 0 Å². The van der Waals surface area contributed by atoms with Gasteiger partial charge in [0.2, 0.25) is 5.95 Å². The number of nitrogens with zero attached hydrogens (tertiary/aromatic N) is 3. The molecule has 1 heterocycles. The van der Waals surface area contributed by atoms with Gasteiger partial charge in [-0.25, -0.2) is 4.98 Å². The van der Waals surface area contributed by atoms with Gasteiger partial charge >= 0.3 is 0 Å². The number of halogens is 2. The van der Waals surface area contributed by atoms with Gasteiger partial charge in [-0.3, -0.25) is 0 Å². The molecule has 0 aliphatic rings. The Bertz CT molecular complexity index is 840. The molecule has 128 valence electrons. The van der Waals surface area contributed by atoms with Crippen molar-refractivity contribution in [3.05, 3.63) is 76.4 Å². The second kappa shape index (κ2) is 8.19. The largest absolute Gasteiger partial charge is 0.352 e. The van der Waals surface area contributed by atoms with E-state index in [0.29, 0.717) is 16.0 Å². The minimum atomic E-state index is 0.488. The van der Waals surface area contributed by atoms with Crippen LogP contribution in [0.4, 0.5) is 17.5 Å². The number of rotatable bonds is 6. The molecule has 0 saturated heterocycles. The molecule has 2 aromatic carbocycles. The molecule has 3 rings (SSSR count). The molecule has 6 heteroatoms. The van der Waals surface area contributed by atoms with Crippen LogP contribution < -0.4 is 10.2 Å². The lowest BCUT2D eigenvalue weighted by molar-refractivity contribution is 0.811. The van der Waals surface area contributed by atoms with Crippen molar-refractivity contribution in [2.45, 2.75) is 13.5 Å². The molecular weight excluding hydrogens is 355 g/mol. The first kappa shape index (κ1) is 17.5. The summed E-state index contributed by atoms with van der Waals surface area (Å²) in [4.78, 5) is 11.1. The highest BCUT2D eigenvalue weighted by Gasteiger charge is 2.09. The van der Waals surface area contributed by atoms with Crippen molar-refractivity contribution in [3.63, 3.8) is 0 Å². The lowest BCUT2D eigenvalue weighted by atomic mass is 10.2. The van der Waals surface area contributed by atoms with Gasteiger partial charge in [0.25, 0.3) is 0 Å². The first-order valence-corrected chi connectivity index (χ1v) is 8.75. The lowest BCUT2D eigenvalue weighted by Crippen LogP contribution is -2.23. The Labute approximate surface area is 157 Å². The van der Waals surface area contributed by atoms with Crippen molar-refractivity contribution < 1.29 is 0 Å². The summed E-state index contributed by atoms with van der Waals surface area (Å²) in [6, 6.07) is 17.6. The summed E-state index contributed by atoms with van der Waals surface area (Å²) in [6.07, 6.45) is 1.75. The van der Waals surface area contributed by atoms with E-state index in [1.54, 1.807) is 18.3 Å². The van der Waals surface area contributed by atoms with Crippen LogP contribution in [-0.4, -0.2) is 16.5 Å². The highest BCUT2D eigenvalue weighted by atomic mass is 35.5. The molecule has 0 unspecified atom stereocenters. The van der Waals surface area contributed by atoms with Gasteiger partial charge in [0.15, 0.2) is 0 Å². The van der Waals surface area contributed by atoms with Crippen LogP contribution in [-0.2, 0) is 6.54 Å². The molecule has 0 fully saturated rings. The summed E-state index contributed by atoms with van der Waals surface area (Å²) in [5.41, 5.74) is 2.03. The smallest absolute Gasteiger partial charge is 0.229 e. The quantitative estimate of drug-likeness (QED) is 0.615. The number of nitrogens with one attached hydrogen (secondary N) is 1. The number of hydrogen-bond donors (Lipinski definition) is 1. The summed E-state index contributed by atoms with van der Waals surface area (Å²) in [5, 5.41) is 4.17. The third-order valence-electron chi connectivity index (χ3n) is 3.74. The summed E-state index contributed by atoms with van der Waals surface area (Å²) in [7, 11) is 0. The van der Waals surface area contributed by atoms with Crippen molar-refractivity contribution in [1.82, 2.24) is 9.97 Å². The minimum Gasteiger partial charge on any atom is -0.352 e. The fourth-order valence-corrected chi connectivity index (χ4v) is 2.75. The zero-order valence-corrected chi connectivity index (χ0v) is 15.3. The van der Waals surface area contributed by atoms with Crippen LogP contribution in [0.1, 0.15) is 12.5 Å². The first-order chi connectivity index (χ1) is 12.2. The molecule has 0 bridgehead atoms. The summed E-state index contributed by atoms with van der Waals surface area (Å²) >= 11 is 12.0. The Hall–Kier alpha value is -2.30. The van der Waals surface area contributed by atoms with Gasteiger partial charge in [0, 0.05) is 25.0 Å². The molecule has 0 aliphatic carbocycles. The van der Waals surface area contributed by atoms with Gasteiger partial charge in [-0.1, -0.05) is 53.5 Å². The molecule has 0 atom stereocenters. The van der Waals surface area contributed by atoms with Gasteiger partial charge in [-0.2, -0.15) is 4.98 Å². The molecule has 3 aromatic rings.